The molecule has 3 rings (SSSR count). The second kappa shape index (κ2) is 2.32. The van der Waals surface area contributed by atoms with E-state index in [0.717, 1.165) is 17.9 Å². The maximum Gasteiger partial charge on any atom is 0.113 e. The molecule has 0 spiro atoms. The molecule has 0 fully saturated rings. The zero-order chi connectivity index (χ0) is 8.67. The van der Waals surface area contributed by atoms with Crippen molar-refractivity contribution < 1.29 is 0 Å². The molecular formula is C9H8N4. The standard InChI is InChI=1S/C9H8N4/c1-2-5-9-8(4-1)10-11-13-7-3-6-12(9)13/h1-5,7H,6H2. The summed E-state index contributed by atoms with van der Waals surface area (Å²) in [6, 6.07) is 8.00. The van der Waals surface area contributed by atoms with Crippen LogP contribution in [0.25, 0.3) is 0 Å². The summed E-state index contributed by atoms with van der Waals surface area (Å²) in [4.78, 5) is 0. The molecule has 0 saturated carbocycles. The van der Waals surface area contributed by atoms with Crippen molar-refractivity contribution in [1.29, 1.82) is 0 Å². The predicted octanol–water partition coefficient (Wildman–Crippen LogP) is 2.25. The Morgan fingerprint density at radius 1 is 1.23 bits per heavy atom. The molecule has 2 aliphatic heterocycles. The van der Waals surface area contributed by atoms with Crippen molar-refractivity contribution in [1.82, 2.24) is 5.12 Å². The Kier molecular flexibility index (Phi) is 1.19. The summed E-state index contributed by atoms with van der Waals surface area (Å²) in [6.45, 7) is 0.871. The van der Waals surface area contributed by atoms with Crippen LogP contribution in [0.5, 0.6) is 0 Å². The van der Waals surface area contributed by atoms with E-state index in [-0.39, 0.29) is 0 Å². The Balaban J connectivity index is 2.15. The Hall–Kier alpha value is -1.84. The number of rotatable bonds is 0. The highest BCUT2D eigenvalue weighted by Gasteiger charge is 2.22. The first-order valence-electron chi connectivity index (χ1n) is 4.19. The number of benzene rings is 1. The molecule has 0 aromatic heterocycles. The number of nitrogens with zero attached hydrogens (tertiary/aromatic N) is 4. The fraction of sp³-hybridized carbons (Fsp3) is 0.111. The van der Waals surface area contributed by atoms with Gasteiger partial charge < -0.3 is 0 Å². The number of anilines is 1. The van der Waals surface area contributed by atoms with Gasteiger partial charge >= 0.3 is 0 Å². The monoisotopic (exact) mass is 172 g/mol. The predicted molar refractivity (Wildman–Crippen MR) is 49.3 cm³/mol. The third-order valence-corrected chi connectivity index (χ3v) is 2.17. The van der Waals surface area contributed by atoms with Crippen LogP contribution in [0.3, 0.4) is 0 Å². The van der Waals surface area contributed by atoms with Gasteiger partial charge in [0, 0.05) is 6.20 Å². The molecule has 0 N–H and O–H groups in total. The topological polar surface area (TPSA) is 31.2 Å². The molecule has 1 aromatic rings. The molecule has 0 atom stereocenters. The van der Waals surface area contributed by atoms with E-state index in [4.69, 9.17) is 0 Å². The van der Waals surface area contributed by atoms with Gasteiger partial charge in [-0.25, -0.2) is 0 Å². The Morgan fingerprint density at radius 3 is 3.15 bits per heavy atom. The van der Waals surface area contributed by atoms with Gasteiger partial charge in [-0.2, -0.15) is 5.12 Å². The molecule has 0 unspecified atom stereocenters. The molecule has 2 heterocycles. The van der Waals surface area contributed by atoms with Gasteiger partial charge in [-0.1, -0.05) is 12.1 Å². The van der Waals surface area contributed by atoms with E-state index in [1.165, 1.54) is 0 Å². The minimum atomic E-state index is 0.871. The van der Waals surface area contributed by atoms with E-state index >= 15 is 0 Å². The number of fused-ring (bicyclic) bond motifs is 3. The number of hydrogen-bond acceptors (Lipinski definition) is 4. The molecule has 0 bridgehead atoms. The molecule has 0 saturated heterocycles. The molecule has 4 heteroatoms. The first-order valence-corrected chi connectivity index (χ1v) is 4.19. The number of hydrogen-bond donors (Lipinski definition) is 0. The maximum absolute atomic E-state index is 4.09. The van der Waals surface area contributed by atoms with Crippen LogP contribution in [0.15, 0.2) is 46.9 Å². The smallest absolute Gasteiger partial charge is 0.113 e. The highest BCUT2D eigenvalue weighted by molar-refractivity contribution is 5.67. The minimum absolute atomic E-state index is 0.871. The molecule has 2 aliphatic rings. The van der Waals surface area contributed by atoms with E-state index in [1.807, 2.05) is 30.5 Å². The lowest BCUT2D eigenvalue weighted by atomic mass is 10.2. The fourth-order valence-electron chi connectivity index (χ4n) is 1.55. The van der Waals surface area contributed by atoms with Crippen LogP contribution in [-0.2, 0) is 0 Å². The first-order chi connectivity index (χ1) is 6.45. The van der Waals surface area contributed by atoms with Crippen LogP contribution >= 0.6 is 0 Å². The molecule has 64 valence electrons. The summed E-state index contributed by atoms with van der Waals surface area (Å²) in [6.07, 6.45) is 3.97. The first kappa shape index (κ1) is 6.65. The molecule has 4 nitrogen and oxygen atoms in total. The summed E-state index contributed by atoms with van der Waals surface area (Å²) >= 11 is 0. The van der Waals surface area contributed by atoms with Crippen LogP contribution in [0.4, 0.5) is 11.4 Å². The van der Waals surface area contributed by atoms with Crippen LogP contribution in [0.1, 0.15) is 0 Å². The molecule has 1 aromatic carbocycles. The molecule has 0 radical (unpaired) electrons. The van der Waals surface area contributed by atoms with E-state index in [2.05, 4.69) is 21.4 Å². The van der Waals surface area contributed by atoms with Crippen molar-refractivity contribution >= 4 is 11.4 Å². The van der Waals surface area contributed by atoms with Crippen molar-refractivity contribution in [2.24, 2.45) is 10.3 Å². The van der Waals surface area contributed by atoms with Crippen LogP contribution < -0.4 is 5.01 Å². The zero-order valence-corrected chi connectivity index (χ0v) is 6.96. The summed E-state index contributed by atoms with van der Waals surface area (Å²) in [5.74, 6) is 0. The summed E-state index contributed by atoms with van der Waals surface area (Å²) in [7, 11) is 0. The Morgan fingerprint density at radius 2 is 2.15 bits per heavy atom. The average molecular weight is 172 g/mol. The lowest BCUT2D eigenvalue weighted by Crippen LogP contribution is -2.32. The normalized spacial score (nSPS) is 17.5. The van der Waals surface area contributed by atoms with Crippen LogP contribution in [-0.4, -0.2) is 11.7 Å². The third kappa shape index (κ3) is 0.853. The summed E-state index contributed by atoms with van der Waals surface area (Å²) in [5, 5.41) is 11.9. The summed E-state index contributed by atoms with van der Waals surface area (Å²) in [5.41, 5.74) is 2.05. The van der Waals surface area contributed by atoms with Crippen LogP contribution in [0, 0.1) is 0 Å². The van der Waals surface area contributed by atoms with E-state index in [1.54, 1.807) is 5.12 Å². The Labute approximate surface area is 75.7 Å². The van der Waals surface area contributed by atoms with Crippen molar-refractivity contribution in [3.05, 3.63) is 36.5 Å². The largest absolute Gasteiger partial charge is 0.258 e. The molecular weight excluding hydrogens is 164 g/mol. The van der Waals surface area contributed by atoms with Gasteiger partial charge in [0.2, 0.25) is 0 Å². The SMILES string of the molecule is C1=CN2N=Nc3ccccc3N2C1. The fourth-order valence-corrected chi connectivity index (χ4v) is 1.55. The molecule has 0 amide bonds. The third-order valence-electron chi connectivity index (χ3n) is 2.17. The van der Waals surface area contributed by atoms with E-state index in [0.29, 0.717) is 0 Å². The number of hydrazine groups is 1. The Bertz CT molecular complexity index is 396. The zero-order valence-electron chi connectivity index (χ0n) is 6.96. The quantitative estimate of drug-likeness (QED) is 0.601. The highest BCUT2D eigenvalue weighted by atomic mass is 15.8. The molecule has 0 aliphatic carbocycles. The van der Waals surface area contributed by atoms with Gasteiger partial charge in [-0.3, -0.25) is 5.01 Å². The van der Waals surface area contributed by atoms with Crippen molar-refractivity contribution in [3.8, 4) is 0 Å². The van der Waals surface area contributed by atoms with Gasteiger partial charge in [-0.05, 0) is 23.4 Å². The van der Waals surface area contributed by atoms with Crippen molar-refractivity contribution in [2.45, 2.75) is 0 Å². The second-order valence-corrected chi connectivity index (χ2v) is 2.97. The lowest BCUT2D eigenvalue weighted by molar-refractivity contribution is 0.363. The van der Waals surface area contributed by atoms with E-state index in [9.17, 15) is 0 Å². The van der Waals surface area contributed by atoms with E-state index < -0.39 is 0 Å². The minimum Gasteiger partial charge on any atom is -0.258 e. The van der Waals surface area contributed by atoms with Gasteiger partial charge in [0.15, 0.2) is 0 Å². The van der Waals surface area contributed by atoms with Crippen LogP contribution in [0.2, 0.25) is 0 Å². The molecule has 13 heavy (non-hydrogen) atoms. The van der Waals surface area contributed by atoms with Gasteiger partial charge in [0.25, 0.3) is 0 Å². The summed E-state index contributed by atoms with van der Waals surface area (Å²) < 4.78 is 0. The van der Waals surface area contributed by atoms with Gasteiger partial charge in [0.1, 0.15) is 5.69 Å². The van der Waals surface area contributed by atoms with Gasteiger partial charge in [-0.15, -0.1) is 5.11 Å². The van der Waals surface area contributed by atoms with Crippen molar-refractivity contribution in [3.63, 3.8) is 0 Å². The van der Waals surface area contributed by atoms with Gasteiger partial charge in [0.05, 0.1) is 12.2 Å². The maximum atomic E-state index is 4.09. The lowest BCUT2D eigenvalue weighted by Gasteiger charge is -2.29. The highest BCUT2D eigenvalue weighted by Crippen LogP contribution is 2.35. The average Bonchev–Trinajstić information content (AvgIpc) is 2.65. The second-order valence-electron chi connectivity index (χ2n) is 2.97. The van der Waals surface area contributed by atoms with Crippen molar-refractivity contribution in [2.75, 3.05) is 11.6 Å². The number of para-hydroxylation sites is 1.